The summed E-state index contributed by atoms with van der Waals surface area (Å²) in [6, 6.07) is 5.37. The monoisotopic (exact) mass is 293 g/mol. The predicted octanol–water partition coefficient (Wildman–Crippen LogP) is 2.42. The second kappa shape index (κ2) is 9.51. The second-order valence-electron chi connectivity index (χ2n) is 5.14. The first-order valence-corrected chi connectivity index (χ1v) is 7.19. The van der Waals surface area contributed by atoms with Crippen LogP contribution in [0.3, 0.4) is 0 Å². The van der Waals surface area contributed by atoms with Crippen LogP contribution in [0.1, 0.15) is 31.4 Å². The van der Waals surface area contributed by atoms with Gasteiger partial charge in [-0.15, -0.1) is 0 Å². The summed E-state index contributed by atoms with van der Waals surface area (Å²) >= 11 is 0. The van der Waals surface area contributed by atoms with E-state index in [0.717, 1.165) is 6.54 Å². The normalized spacial score (nSPS) is 10.8. The topological polar surface area (TPSA) is 32.7 Å². The SMILES string of the molecule is COCCN(Cc1ccc(C#CCCO)cc1F)C(C)C. The van der Waals surface area contributed by atoms with Gasteiger partial charge in [0.15, 0.2) is 0 Å². The fourth-order valence-electron chi connectivity index (χ4n) is 1.92. The first-order valence-electron chi connectivity index (χ1n) is 7.19. The third kappa shape index (κ3) is 6.26. The molecule has 0 aromatic heterocycles. The number of halogens is 1. The van der Waals surface area contributed by atoms with Gasteiger partial charge in [-0.1, -0.05) is 17.9 Å². The van der Waals surface area contributed by atoms with E-state index < -0.39 is 0 Å². The van der Waals surface area contributed by atoms with Gasteiger partial charge in [-0.25, -0.2) is 4.39 Å². The van der Waals surface area contributed by atoms with Crippen molar-refractivity contribution in [2.45, 2.75) is 32.9 Å². The van der Waals surface area contributed by atoms with E-state index in [1.807, 2.05) is 6.07 Å². The summed E-state index contributed by atoms with van der Waals surface area (Å²) in [6.45, 7) is 6.15. The number of aliphatic hydroxyl groups excluding tert-OH is 1. The van der Waals surface area contributed by atoms with Crippen molar-refractivity contribution in [1.29, 1.82) is 0 Å². The number of nitrogens with zero attached hydrogens (tertiary/aromatic N) is 1. The Labute approximate surface area is 126 Å². The van der Waals surface area contributed by atoms with Crippen LogP contribution >= 0.6 is 0 Å². The Kier molecular flexibility index (Phi) is 7.99. The smallest absolute Gasteiger partial charge is 0.128 e. The summed E-state index contributed by atoms with van der Waals surface area (Å²) in [6.07, 6.45) is 0.404. The average molecular weight is 293 g/mol. The minimum Gasteiger partial charge on any atom is -0.395 e. The standard InChI is InChI=1S/C17H24FNO2/c1-14(2)19(9-11-21-3)13-16-8-7-15(12-17(16)18)6-4-5-10-20/h7-8,12,14,20H,5,9-11,13H2,1-3H3. The number of benzene rings is 1. The number of hydrogen-bond acceptors (Lipinski definition) is 3. The van der Waals surface area contributed by atoms with Crippen molar-refractivity contribution in [1.82, 2.24) is 4.90 Å². The van der Waals surface area contributed by atoms with E-state index in [1.54, 1.807) is 13.2 Å². The van der Waals surface area contributed by atoms with E-state index in [1.165, 1.54) is 6.07 Å². The molecule has 0 aliphatic rings. The molecule has 0 aliphatic heterocycles. The number of aliphatic hydroxyl groups is 1. The molecule has 0 amide bonds. The lowest BCUT2D eigenvalue weighted by Gasteiger charge is -2.26. The highest BCUT2D eigenvalue weighted by atomic mass is 19.1. The van der Waals surface area contributed by atoms with Crippen LogP contribution in [-0.2, 0) is 11.3 Å². The zero-order valence-electron chi connectivity index (χ0n) is 13.0. The van der Waals surface area contributed by atoms with E-state index in [2.05, 4.69) is 30.6 Å². The van der Waals surface area contributed by atoms with Gasteiger partial charge in [-0.2, -0.15) is 0 Å². The molecule has 3 nitrogen and oxygen atoms in total. The summed E-state index contributed by atoms with van der Waals surface area (Å²) < 4.78 is 19.2. The maximum atomic E-state index is 14.1. The molecule has 0 saturated carbocycles. The molecule has 4 heteroatoms. The minimum absolute atomic E-state index is 0.0242. The Morgan fingerprint density at radius 2 is 2.14 bits per heavy atom. The van der Waals surface area contributed by atoms with Gasteiger partial charge in [0, 0.05) is 43.8 Å². The zero-order chi connectivity index (χ0) is 15.7. The van der Waals surface area contributed by atoms with Crippen molar-refractivity contribution < 1.29 is 14.2 Å². The Morgan fingerprint density at radius 1 is 1.38 bits per heavy atom. The zero-order valence-corrected chi connectivity index (χ0v) is 13.0. The number of methoxy groups -OCH3 is 1. The largest absolute Gasteiger partial charge is 0.395 e. The Hall–Kier alpha value is -1.41. The third-order valence-electron chi connectivity index (χ3n) is 3.21. The average Bonchev–Trinajstić information content (AvgIpc) is 2.45. The molecular weight excluding hydrogens is 269 g/mol. The molecule has 0 bridgehead atoms. The summed E-state index contributed by atoms with van der Waals surface area (Å²) in [7, 11) is 1.67. The maximum Gasteiger partial charge on any atom is 0.128 e. The molecule has 0 aliphatic carbocycles. The summed E-state index contributed by atoms with van der Waals surface area (Å²) in [5.74, 6) is 5.39. The quantitative estimate of drug-likeness (QED) is 0.784. The van der Waals surface area contributed by atoms with Gasteiger partial charge in [0.2, 0.25) is 0 Å². The molecule has 0 saturated heterocycles. The van der Waals surface area contributed by atoms with Gasteiger partial charge < -0.3 is 9.84 Å². The molecule has 0 atom stereocenters. The highest BCUT2D eigenvalue weighted by Gasteiger charge is 2.12. The Bertz CT molecular complexity index is 491. The van der Waals surface area contributed by atoms with Gasteiger partial charge in [0.25, 0.3) is 0 Å². The van der Waals surface area contributed by atoms with E-state index in [0.29, 0.717) is 36.7 Å². The Balaban J connectivity index is 2.77. The lowest BCUT2D eigenvalue weighted by molar-refractivity contribution is 0.124. The Morgan fingerprint density at radius 3 is 2.71 bits per heavy atom. The molecule has 116 valence electrons. The number of hydrogen-bond donors (Lipinski definition) is 1. The van der Waals surface area contributed by atoms with Gasteiger partial charge in [0.05, 0.1) is 13.2 Å². The molecule has 0 fully saturated rings. The van der Waals surface area contributed by atoms with Crippen molar-refractivity contribution in [3.05, 3.63) is 35.1 Å². The first-order chi connectivity index (χ1) is 10.1. The molecule has 1 aromatic rings. The highest BCUT2D eigenvalue weighted by molar-refractivity contribution is 5.37. The van der Waals surface area contributed by atoms with Crippen molar-refractivity contribution >= 4 is 0 Å². The van der Waals surface area contributed by atoms with Gasteiger partial charge in [0.1, 0.15) is 5.82 Å². The van der Waals surface area contributed by atoms with Crippen molar-refractivity contribution in [2.75, 3.05) is 26.9 Å². The van der Waals surface area contributed by atoms with Crippen LogP contribution < -0.4 is 0 Å². The minimum atomic E-state index is -0.242. The lowest BCUT2D eigenvalue weighted by Crippen LogP contribution is -2.33. The third-order valence-corrected chi connectivity index (χ3v) is 3.21. The van der Waals surface area contributed by atoms with Gasteiger partial charge in [-0.3, -0.25) is 4.90 Å². The molecule has 1 rings (SSSR count). The summed E-state index contributed by atoms with van der Waals surface area (Å²) in [5.41, 5.74) is 1.30. The van der Waals surface area contributed by atoms with E-state index in [4.69, 9.17) is 9.84 Å². The first kappa shape index (κ1) is 17.6. The van der Waals surface area contributed by atoms with E-state index >= 15 is 0 Å². The highest BCUT2D eigenvalue weighted by Crippen LogP contribution is 2.14. The molecule has 0 unspecified atom stereocenters. The van der Waals surface area contributed by atoms with E-state index in [-0.39, 0.29) is 12.4 Å². The molecule has 0 heterocycles. The van der Waals surface area contributed by atoms with Crippen molar-refractivity contribution in [2.24, 2.45) is 0 Å². The van der Waals surface area contributed by atoms with Crippen molar-refractivity contribution in [3.8, 4) is 11.8 Å². The molecular formula is C17H24FNO2. The van der Waals surface area contributed by atoms with E-state index in [9.17, 15) is 4.39 Å². The molecule has 0 spiro atoms. The molecule has 1 aromatic carbocycles. The van der Waals surface area contributed by atoms with Crippen LogP contribution in [0.25, 0.3) is 0 Å². The van der Waals surface area contributed by atoms with Crippen LogP contribution in [0.2, 0.25) is 0 Å². The maximum absolute atomic E-state index is 14.1. The van der Waals surface area contributed by atoms with Crippen LogP contribution in [0.15, 0.2) is 18.2 Å². The van der Waals surface area contributed by atoms with Crippen molar-refractivity contribution in [3.63, 3.8) is 0 Å². The second-order valence-corrected chi connectivity index (χ2v) is 5.14. The summed E-state index contributed by atoms with van der Waals surface area (Å²) in [4.78, 5) is 2.17. The predicted molar refractivity (Wildman–Crippen MR) is 82.4 cm³/mol. The van der Waals surface area contributed by atoms with Crippen LogP contribution in [0.4, 0.5) is 4.39 Å². The molecule has 0 radical (unpaired) electrons. The van der Waals surface area contributed by atoms with Crippen LogP contribution in [0, 0.1) is 17.7 Å². The fourth-order valence-corrected chi connectivity index (χ4v) is 1.92. The number of rotatable bonds is 7. The van der Waals surface area contributed by atoms with Gasteiger partial charge in [-0.05, 0) is 26.0 Å². The molecule has 1 N–H and O–H groups in total. The van der Waals surface area contributed by atoms with Crippen LogP contribution in [-0.4, -0.2) is 42.9 Å². The molecule has 21 heavy (non-hydrogen) atoms. The number of ether oxygens (including phenoxy) is 1. The lowest BCUT2D eigenvalue weighted by atomic mass is 10.1. The summed E-state index contributed by atoms with van der Waals surface area (Å²) in [5, 5.41) is 8.67. The van der Waals surface area contributed by atoms with Crippen LogP contribution in [0.5, 0.6) is 0 Å². The van der Waals surface area contributed by atoms with Gasteiger partial charge >= 0.3 is 0 Å². The fraction of sp³-hybridized carbons (Fsp3) is 0.529.